The van der Waals surface area contributed by atoms with Gasteiger partial charge in [-0.1, -0.05) is 29.5 Å². The van der Waals surface area contributed by atoms with Crippen molar-refractivity contribution >= 4 is 55.2 Å². The minimum atomic E-state index is -0.700. The molecule has 0 radical (unpaired) electrons. The van der Waals surface area contributed by atoms with Gasteiger partial charge in [-0.2, -0.15) is 0 Å². The van der Waals surface area contributed by atoms with E-state index in [1.165, 1.54) is 24.3 Å². The van der Waals surface area contributed by atoms with E-state index >= 15 is 0 Å². The maximum atomic E-state index is 12.5. The summed E-state index contributed by atoms with van der Waals surface area (Å²) in [5, 5.41) is 6.46. The molecular formula is C19H13N3O4S. The van der Waals surface area contributed by atoms with Crippen LogP contribution >= 0.6 is 11.3 Å². The first-order chi connectivity index (χ1) is 13.0. The maximum absolute atomic E-state index is 12.5. The van der Waals surface area contributed by atoms with Crippen LogP contribution in [-0.2, 0) is 4.79 Å². The van der Waals surface area contributed by atoms with Gasteiger partial charge in [0, 0.05) is 18.0 Å². The molecule has 4 rings (SSSR count). The number of nitrogens with one attached hydrogen (secondary N) is 2. The zero-order valence-corrected chi connectivity index (χ0v) is 14.9. The van der Waals surface area contributed by atoms with Gasteiger partial charge in [-0.3, -0.25) is 9.59 Å². The average molecular weight is 379 g/mol. The molecule has 7 nitrogen and oxygen atoms in total. The molecule has 0 spiro atoms. The van der Waals surface area contributed by atoms with E-state index in [2.05, 4.69) is 15.6 Å². The highest BCUT2D eigenvalue weighted by atomic mass is 32.1. The Hall–Kier alpha value is -3.52. The van der Waals surface area contributed by atoms with E-state index in [1.807, 2.05) is 0 Å². The second-order valence-electron chi connectivity index (χ2n) is 5.82. The highest BCUT2D eigenvalue weighted by Gasteiger charge is 2.14. The van der Waals surface area contributed by atoms with E-state index in [1.54, 1.807) is 42.5 Å². The van der Waals surface area contributed by atoms with E-state index in [0.717, 1.165) is 4.70 Å². The zero-order valence-electron chi connectivity index (χ0n) is 14.1. The molecule has 2 aromatic carbocycles. The van der Waals surface area contributed by atoms with Crippen LogP contribution in [0.1, 0.15) is 17.3 Å². The second kappa shape index (κ2) is 6.65. The van der Waals surface area contributed by atoms with Gasteiger partial charge < -0.3 is 15.1 Å². The topological polar surface area (TPSA) is 101 Å². The van der Waals surface area contributed by atoms with Crippen LogP contribution in [0.5, 0.6) is 0 Å². The first-order valence-electron chi connectivity index (χ1n) is 8.02. The van der Waals surface area contributed by atoms with Crippen LogP contribution in [0.15, 0.2) is 57.7 Å². The summed E-state index contributed by atoms with van der Waals surface area (Å²) in [7, 11) is 0. The van der Waals surface area contributed by atoms with Gasteiger partial charge in [-0.25, -0.2) is 9.78 Å². The standard InChI is InChI=1S/C19H13N3O4S/c1-10(23)20-19-22-14-9-12(6-7-16(14)27-19)21-17(24)13-8-11-4-2-3-5-15(11)26-18(13)25/h2-9H,1H3,(H,21,24)(H,20,22,23). The molecule has 2 aromatic heterocycles. The lowest BCUT2D eigenvalue weighted by Crippen LogP contribution is -2.20. The molecule has 0 saturated heterocycles. The number of aromatic nitrogens is 1. The number of anilines is 2. The minimum Gasteiger partial charge on any atom is -0.422 e. The predicted molar refractivity (Wildman–Crippen MR) is 104 cm³/mol. The van der Waals surface area contributed by atoms with Crippen molar-refractivity contribution in [2.45, 2.75) is 6.92 Å². The van der Waals surface area contributed by atoms with E-state index in [4.69, 9.17) is 4.42 Å². The van der Waals surface area contributed by atoms with Crippen molar-refractivity contribution in [1.29, 1.82) is 0 Å². The average Bonchev–Trinajstić information content (AvgIpc) is 3.01. The zero-order chi connectivity index (χ0) is 19.0. The Morgan fingerprint density at radius 2 is 1.89 bits per heavy atom. The molecule has 0 atom stereocenters. The lowest BCUT2D eigenvalue weighted by atomic mass is 10.1. The number of hydrogen-bond acceptors (Lipinski definition) is 6. The van der Waals surface area contributed by atoms with Crippen molar-refractivity contribution in [3.05, 3.63) is 64.5 Å². The predicted octanol–water partition coefficient (Wildman–Crippen LogP) is 3.61. The molecular weight excluding hydrogens is 366 g/mol. The van der Waals surface area contributed by atoms with Crippen molar-refractivity contribution in [3.63, 3.8) is 0 Å². The Balaban J connectivity index is 1.63. The highest BCUT2D eigenvalue weighted by molar-refractivity contribution is 7.22. The molecule has 0 aliphatic rings. The van der Waals surface area contributed by atoms with Gasteiger partial charge in [0.1, 0.15) is 11.1 Å². The number of thiazole rings is 1. The molecule has 4 aromatic rings. The van der Waals surface area contributed by atoms with Crippen LogP contribution in [0, 0.1) is 0 Å². The summed E-state index contributed by atoms with van der Waals surface area (Å²) in [5.74, 6) is -0.767. The van der Waals surface area contributed by atoms with Crippen LogP contribution < -0.4 is 16.3 Å². The Morgan fingerprint density at radius 1 is 1.07 bits per heavy atom. The number of carbonyl (C=O) groups is 2. The van der Waals surface area contributed by atoms with Crippen molar-refractivity contribution in [3.8, 4) is 0 Å². The number of benzene rings is 2. The Labute approximate surface area is 156 Å². The normalized spacial score (nSPS) is 10.9. The summed E-state index contributed by atoms with van der Waals surface area (Å²) < 4.78 is 6.06. The number of nitrogens with zero attached hydrogens (tertiary/aromatic N) is 1. The second-order valence-corrected chi connectivity index (χ2v) is 6.85. The van der Waals surface area contributed by atoms with Crippen molar-refractivity contribution in [2.75, 3.05) is 10.6 Å². The summed E-state index contributed by atoms with van der Waals surface area (Å²) in [5.41, 5.74) is 0.764. The summed E-state index contributed by atoms with van der Waals surface area (Å²) >= 11 is 1.33. The summed E-state index contributed by atoms with van der Waals surface area (Å²) in [4.78, 5) is 40.1. The number of carbonyl (C=O) groups excluding carboxylic acids is 2. The summed E-state index contributed by atoms with van der Waals surface area (Å²) in [6, 6.07) is 13.7. The summed E-state index contributed by atoms with van der Waals surface area (Å²) in [6.45, 7) is 1.41. The third kappa shape index (κ3) is 3.42. The SMILES string of the molecule is CC(=O)Nc1nc2cc(NC(=O)c3cc4ccccc4oc3=O)ccc2s1. The van der Waals surface area contributed by atoms with Gasteiger partial charge in [0.15, 0.2) is 5.13 Å². The minimum absolute atomic E-state index is 0.0778. The van der Waals surface area contributed by atoms with E-state index in [0.29, 0.717) is 27.3 Å². The molecule has 0 aliphatic heterocycles. The van der Waals surface area contributed by atoms with Crippen LogP contribution in [0.2, 0.25) is 0 Å². The summed E-state index contributed by atoms with van der Waals surface area (Å²) in [6.07, 6.45) is 0. The Morgan fingerprint density at radius 3 is 2.70 bits per heavy atom. The third-order valence-electron chi connectivity index (χ3n) is 3.81. The van der Waals surface area contributed by atoms with Gasteiger partial charge >= 0.3 is 5.63 Å². The van der Waals surface area contributed by atoms with Gasteiger partial charge in [-0.05, 0) is 30.3 Å². The van der Waals surface area contributed by atoms with Crippen LogP contribution in [0.4, 0.5) is 10.8 Å². The fourth-order valence-corrected chi connectivity index (χ4v) is 3.52. The largest absolute Gasteiger partial charge is 0.422 e. The smallest absolute Gasteiger partial charge is 0.349 e. The first-order valence-corrected chi connectivity index (χ1v) is 8.84. The van der Waals surface area contributed by atoms with Gasteiger partial charge in [0.25, 0.3) is 5.91 Å². The Kier molecular flexibility index (Phi) is 4.17. The van der Waals surface area contributed by atoms with Crippen molar-refractivity contribution in [1.82, 2.24) is 4.98 Å². The monoisotopic (exact) mass is 379 g/mol. The third-order valence-corrected chi connectivity index (χ3v) is 4.77. The molecule has 0 unspecified atom stereocenters. The highest BCUT2D eigenvalue weighted by Crippen LogP contribution is 2.28. The molecule has 0 saturated carbocycles. The Bertz CT molecular complexity index is 1260. The molecule has 0 fully saturated rings. The quantitative estimate of drug-likeness (QED) is 0.530. The van der Waals surface area contributed by atoms with E-state index < -0.39 is 11.5 Å². The molecule has 134 valence electrons. The number of amides is 2. The van der Waals surface area contributed by atoms with E-state index in [-0.39, 0.29) is 11.5 Å². The molecule has 8 heteroatoms. The molecule has 0 aliphatic carbocycles. The molecule has 2 N–H and O–H groups in total. The van der Waals surface area contributed by atoms with E-state index in [9.17, 15) is 14.4 Å². The van der Waals surface area contributed by atoms with Crippen molar-refractivity contribution in [2.24, 2.45) is 0 Å². The van der Waals surface area contributed by atoms with Gasteiger partial charge in [0.2, 0.25) is 5.91 Å². The molecule has 0 bridgehead atoms. The van der Waals surface area contributed by atoms with Gasteiger partial charge in [0.05, 0.1) is 10.2 Å². The number of hydrogen-bond donors (Lipinski definition) is 2. The molecule has 2 amide bonds. The lowest BCUT2D eigenvalue weighted by Gasteiger charge is -2.05. The molecule has 27 heavy (non-hydrogen) atoms. The molecule has 2 heterocycles. The number of para-hydroxylation sites is 1. The van der Waals surface area contributed by atoms with Gasteiger partial charge in [-0.15, -0.1) is 0 Å². The van der Waals surface area contributed by atoms with Crippen LogP contribution in [0.25, 0.3) is 21.2 Å². The van der Waals surface area contributed by atoms with Crippen LogP contribution in [-0.4, -0.2) is 16.8 Å². The lowest BCUT2D eigenvalue weighted by molar-refractivity contribution is -0.114. The number of fused-ring (bicyclic) bond motifs is 2. The first kappa shape index (κ1) is 16.9. The maximum Gasteiger partial charge on any atom is 0.349 e. The van der Waals surface area contributed by atoms with Crippen molar-refractivity contribution < 1.29 is 14.0 Å². The van der Waals surface area contributed by atoms with Crippen LogP contribution in [0.3, 0.4) is 0 Å². The fraction of sp³-hybridized carbons (Fsp3) is 0.0526. The number of rotatable bonds is 3. The fourth-order valence-electron chi connectivity index (χ4n) is 2.63.